The Balaban J connectivity index is 1.27. The fourth-order valence-electron chi connectivity index (χ4n) is 4.10. The molecule has 160 valence electrons. The van der Waals surface area contributed by atoms with E-state index in [-0.39, 0.29) is 10.8 Å². The van der Waals surface area contributed by atoms with E-state index in [1.54, 1.807) is 12.1 Å². The summed E-state index contributed by atoms with van der Waals surface area (Å²) in [5, 5.41) is 3.00. The van der Waals surface area contributed by atoms with Crippen molar-refractivity contribution in [3.8, 4) is 0 Å². The molecule has 4 rings (SSSR count). The second-order valence-corrected chi connectivity index (χ2v) is 9.90. The minimum Gasteiger partial charge on any atom is -0.357 e. The number of anilines is 1. The van der Waals surface area contributed by atoms with Crippen LogP contribution in [0.1, 0.15) is 36.0 Å². The predicted octanol–water partition coefficient (Wildman–Crippen LogP) is 2.51. The maximum atomic E-state index is 12.6. The molecule has 7 nitrogen and oxygen atoms in total. The van der Waals surface area contributed by atoms with Crippen LogP contribution in [0.4, 0.5) is 5.82 Å². The number of aromatic nitrogens is 1. The third kappa shape index (κ3) is 4.65. The number of sulfonamides is 1. The molecule has 3 heterocycles. The number of hydrogen-bond donors (Lipinski definition) is 1. The molecule has 1 N–H and O–H groups in total. The lowest BCUT2D eigenvalue weighted by Gasteiger charge is -2.32. The highest BCUT2D eigenvalue weighted by Gasteiger charge is 2.27. The first-order chi connectivity index (χ1) is 14.5. The highest BCUT2D eigenvalue weighted by molar-refractivity contribution is 7.89. The van der Waals surface area contributed by atoms with Crippen molar-refractivity contribution in [2.24, 2.45) is 5.92 Å². The molecule has 2 saturated heterocycles. The normalized spacial score (nSPS) is 18.5. The van der Waals surface area contributed by atoms with Crippen LogP contribution >= 0.6 is 0 Å². The molecule has 0 spiro atoms. The number of benzene rings is 1. The van der Waals surface area contributed by atoms with Gasteiger partial charge in [0, 0.05) is 44.5 Å². The van der Waals surface area contributed by atoms with Crippen molar-refractivity contribution in [2.45, 2.75) is 30.6 Å². The van der Waals surface area contributed by atoms with Gasteiger partial charge < -0.3 is 10.2 Å². The van der Waals surface area contributed by atoms with Gasteiger partial charge in [-0.15, -0.1) is 0 Å². The number of amides is 1. The molecule has 2 aliphatic rings. The van der Waals surface area contributed by atoms with E-state index in [4.69, 9.17) is 0 Å². The molecule has 1 aromatic heterocycles. The lowest BCUT2D eigenvalue weighted by molar-refractivity contribution is 0.0945. The van der Waals surface area contributed by atoms with Gasteiger partial charge in [0.15, 0.2) is 0 Å². The molecule has 1 aromatic carbocycles. The van der Waals surface area contributed by atoms with Crippen LogP contribution in [0, 0.1) is 5.92 Å². The third-order valence-electron chi connectivity index (χ3n) is 5.96. The topological polar surface area (TPSA) is 82.6 Å². The maximum absolute atomic E-state index is 12.6. The first kappa shape index (κ1) is 20.8. The summed E-state index contributed by atoms with van der Waals surface area (Å²) in [6, 6.07) is 12.2. The van der Waals surface area contributed by atoms with Crippen LogP contribution in [0.2, 0.25) is 0 Å². The van der Waals surface area contributed by atoms with Crippen molar-refractivity contribution in [1.82, 2.24) is 14.6 Å². The van der Waals surface area contributed by atoms with E-state index in [0.29, 0.717) is 31.1 Å². The van der Waals surface area contributed by atoms with E-state index in [9.17, 15) is 13.2 Å². The second kappa shape index (κ2) is 9.14. The van der Waals surface area contributed by atoms with Gasteiger partial charge in [0.25, 0.3) is 5.91 Å². The van der Waals surface area contributed by atoms with E-state index in [1.807, 2.05) is 24.4 Å². The Bertz CT molecular complexity index is 950. The third-order valence-corrected chi connectivity index (χ3v) is 7.87. The monoisotopic (exact) mass is 428 g/mol. The zero-order chi connectivity index (χ0) is 21.0. The molecule has 0 radical (unpaired) electrons. The summed E-state index contributed by atoms with van der Waals surface area (Å²) in [5.41, 5.74) is 0.487. The summed E-state index contributed by atoms with van der Waals surface area (Å²) in [5.74, 6) is 1.28. The first-order valence-corrected chi connectivity index (χ1v) is 12.0. The number of piperidine rings is 1. The molecule has 30 heavy (non-hydrogen) atoms. The second-order valence-electron chi connectivity index (χ2n) is 7.96. The summed E-state index contributed by atoms with van der Waals surface area (Å²) in [4.78, 5) is 19.4. The molecular formula is C22H28N4O3S. The van der Waals surface area contributed by atoms with Crippen LogP contribution in [0.5, 0.6) is 0 Å². The van der Waals surface area contributed by atoms with Crippen LogP contribution in [0.3, 0.4) is 0 Å². The minimum atomic E-state index is -3.45. The Hall–Kier alpha value is -2.45. The Morgan fingerprint density at radius 3 is 2.33 bits per heavy atom. The molecule has 2 fully saturated rings. The molecular weight excluding hydrogens is 400 g/mol. The molecule has 8 heteroatoms. The molecule has 0 saturated carbocycles. The first-order valence-electron chi connectivity index (χ1n) is 10.6. The summed E-state index contributed by atoms with van der Waals surface area (Å²) < 4.78 is 26.7. The summed E-state index contributed by atoms with van der Waals surface area (Å²) in [7, 11) is -3.45. The van der Waals surface area contributed by atoms with Crippen LogP contribution in [-0.2, 0) is 10.0 Å². The average Bonchev–Trinajstić information content (AvgIpc) is 3.34. The number of hydrogen-bond acceptors (Lipinski definition) is 5. The van der Waals surface area contributed by atoms with Gasteiger partial charge in [-0.25, -0.2) is 13.4 Å². The van der Waals surface area contributed by atoms with Gasteiger partial charge in [0.05, 0.1) is 4.90 Å². The van der Waals surface area contributed by atoms with Crippen LogP contribution in [0.15, 0.2) is 53.6 Å². The highest BCUT2D eigenvalue weighted by atomic mass is 32.2. The quantitative estimate of drug-likeness (QED) is 0.765. The van der Waals surface area contributed by atoms with E-state index in [1.165, 1.54) is 16.4 Å². The largest absolute Gasteiger partial charge is 0.357 e. The lowest BCUT2D eigenvalue weighted by atomic mass is 9.96. The van der Waals surface area contributed by atoms with Gasteiger partial charge in [0.1, 0.15) is 5.82 Å². The number of rotatable bonds is 6. The fourth-order valence-corrected chi connectivity index (χ4v) is 5.62. The van der Waals surface area contributed by atoms with Crippen LogP contribution in [0.25, 0.3) is 0 Å². The standard InChI is InChI=1S/C22H28N4O3S/c27-22(19-6-8-20(9-7-19)30(28,29)26-13-3-4-14-26)24-17-18-10-15-25(16-11-18)21-5-1-2-12-23-21/h1-2,5-9,12,18H,3-4,10-11,13-17H2,(H,24,27). The minimum absolute atomic E-state index is 0.160. The van der Waals surface area contributed by atoms with Gasteiger partial charge in [-0.05, 0) is 68.0 Å². The maximum Gasteiger partial charge on any atom is 0.251 e. The van der Waals surface area contributed by atoms with Crippen molar-refractivity contribution in [2.75, 3.05) is 37.6 Å². The van der Waals surface area contributed by atoms with E-state index in [2.05, 4.69) is 15.2 Å². The van der Waals surface area contributed by atoms with Gasteiger partial charge >= 0.3 is 0 Å². The number of nitrogens with zero attached hydrogens (tertiary/aromatic N) is 3. The van der Waals surface area contributed by atoms with Crippen molar-refractivity contribution in [1.29, 1.82) is 0 Å². The van der Waals surface area contributed by atoms with Crippen molar-refractivity contribution in [3.63, 3.8) is 0 Å². The molecule has 1 amide bonds. The molecule has 2 aliphatic heterocycles. The van der Waals surface area contributed by atoms with Crippen LogP contribution in [-0.4, -0.2) is 56.3 Å². The van der Waals surface area contributed by atoms with E-state index < -0.39 is 10.0 Å². The number of nitrogens with one attached hydrogen (secondary N) is 1. The fraction of sp³-hybridized carbons (Fsp3) is 0.455. The average molecular weight is 429 g/mol. The van der Waals surface area contributed by atoms with E-state index in [0.717, 1.165) is 44.6 Å². The van der Waals surface area contributed by atoms with Crippen molar-refractivity contribution in [3.05, 3.63) is 54.2 Å². The molecule has 0 unspecified atom stereocenters. The zero-order valence-electron chi connectivity index (χ0n) is 17.0. The van der Waals surface area contributed by atoms with Gasteiger partial charge in [0.2, 0.25) is 10.0 Å². The Labute approximate surface area is 178 Å². The summed E-state index contributed by atoms with van der Waals surface area (Å²) in [6.45, 7) is 3.64. The summed E-state index contributed by atoms with van der Waals surface area (Å²) in [6.07, 6.45) is 5.62. The van der Waals surface area contributed by atoms with Gasteiger partial charge in [-0.1, -0.05) is 6.07 Å². The van der Waals surface area contributed by atoms with Gasteiger partial charge in [-0.2, -0.15) is 4.31 Å². The van der Waals surface area contributed by atoms with Gasteiger partial charge in [-0.3, -0.25) is 4.79 Å². The predicted molar refractivity (Wildman–Crippen MR) is 116 cm³/mol. The molecule has 0 atom stereocenters. The smallest absolute Gasteiger partial charge is 0.251 e. The lowest BCUT2D eigenvalue weighted by Crippen LogP contribution is -2.39. The van der Waals surface area contributed by atoms with E-state index >= 15 is 0 Å². The molecule has 2 aromatic rings. The molecule has 0 aliphatic carbocycles. The van der Waals surface area contributed by atoms with Crippen LogP contribution < -0.4 is 10.2 Å². The van der Waals surface area contributed by atoms with Crippen molar-refractivity contribution >= 4 is 21.7 Å². The Morgan fingerprint density at radius 1 is 1.00 bits per heavy atom. The Morgan fingerprint density at radius 2 is 1.70 bits per heavy atom. The number of pyridine rings is 1. The number of carbonyl (C=O) groups is 1. The van der Waals surface area contributed by atoms with Crippen molar-refractivity contribution < 1.29 is 13.2 Å². The number of carbonyl (C=O) groups excluding carboxylic acids is 1. The summed E-state index contributed by atoms with van der Waals surface area (Å²) >= 11 is 0. The Kier molecular flexibility index (Phi) is 6.34. The highest BCUT2D eigenvalue weighted by Crippen LogP contribution is 2.22. The molecule has 0 bridgehead atoms. The SMILES string of the molecule is O=C(NCC1CCN(c2ccccn2)CC1)c1ccc(S(=O)(=O)N2CCCC2)cc1. The zero-order valence-corrected chi connectivity index (χ0v) is 17.9.